The van der Waals surface area contributed by atoms with Crippen LogP contribution in [0.4, 0.5) is 14.5 Å². The fourth-order valence-electron chi connectivity index (χ4n) is 2.98. The van der Waals surface area contributed by atoms with Crippen molar-refractivity contribution in [3.05, 3.63) is 64.7 Å². The third-order valence-corrected chi connectivity index (χ3v) is 4.43. The van der Waals surface area contributed by atoms with E-state index in [4.69, 9.17) is 5.26 Å². The number of piperazine rings is 1. The topological polar surface area (TPSA) is 47.3 Å². The molecule has 1 aliphatic rings. The van der Waals surface area contributed by atoms with E-state index >= 15 is 0 Å². The number of benzene rings is 2. The molecule has 0 aliphatic carbocycles. The van der Waals surface area contributed by atoms with E-state index in [-0.39, 0.29) is 11.5 Å². The standard InChI is InChI=1S/C19H17F2N3O/c1-13-10-18(17(21)11-14(13)12-22)23-6-8-24(9-7-23)19(25)15-4-2-3-5-16(15)20/h2-5,10-11H,6-9H2,1H3. The molecule has 2 aromatic rings. The molecule has 1 aliphatic heterocycles. The minimum atomic E-state index is -0.538. The summed E-state index contributed by atoms with van der Waals surface area (Å²) in [5, 5.41) is 8.97. The molecule has 0 atom stereocenters. The summed E-state index contributed by atoms with van der Waals surface area (Å²) in [5.41, 5.74) is 1.50. The summed E-state index contributed by atoms with van der Waals surface area (Å²) in [7, 11) is 0. The maximum atomic E-state index is 14.3. The monoisotopic (exact) mass is 341 g/mol. The van der Waals surface area contributed by atoms with Gasteiger partial charge in [-0.1, -0.05) is 12.1 Å². The van der Waals surface area contributed by atoms with Crippen molar-refractivity contribution >= 4 is 11.6 Å². The molecule has 25 heavy (non-hydrogen) atoms. The minimum absolute atomic E-state index is 0.0522. The smallest absolute Gasteiger partial charge is 0.256 e. The minimum Gasteiger partial charge on any atom is -0.366 e. The Balaban J connectivity index is 1.72. The Morgan fingerprint density at radius 2 is 1.76 bits per heavy atom. The third kappa shape index (κ3) is 3.31. The first-order chi connectivity index (χ1) is 12.0. The van der Waals surface area contributed by atoms with Crippen LogP contribution in [0.2, 0.25) is 0 Å². The van der Waals surface area contributed by atoms with Crippen LogP contribution in [0, 0.1) is 29.9 Å². The number of hydrogen-bond acceptors (Lipinski definition) is 3. The highest BCUT2D eigenvalue weighted by Crippen LogP contribution is 2.25. The average molecular weight is 341 g/mol. The van der Waals surface area contributed by atoms with E-state index in [9.17, 15) is 13.6 Å². The zero-order valence-corrected chi connectivity index (χ0v) is 13.8. The van der Waals surface area contributed by atoms with Crippen molar-refractivity contribution < 1.29 is 13.6 Å². The fourth-order valence-corrected chi connectivity index (χ4v) is 2.98. The number of anilines is 1. The van der Waals surface area contributed by atoms with Gasteiger partial charge in [-0.15, -0.1) is 0 Å². The lowest BCUT2D eigenvalue weighted by Crippen LogP contribution is -2.49. The summed E-state index contributed by atoms with van der Waals surface area (Å²) >= 11 is 0. The van der Waals surface area contributed by atoms with Crippen LogP contribution in [0.5, 0.6) is 0 Å². The van der Waals surface area contributed by atoms with Gasteiger partial charge in [0.15, 0.2) is 0 Å². The average Bonchev–Trinajstić information content (AvgIpc) is 2.63. The van der Waals surface area contributed by atoms with Gasteiger partial charge in [0.05, 0.1) is 22.9 Å². The number of amides is 1. The quantitative estimate of drug-likeness (QED) is 0.843. The summed E-state index contributed by atoms with van der Waals surface area (Å²) in [4.78, 5) is 15.8. The van der Waals surface area contributed by atoms with Gasteiger partial charge >= 0.3 is 0 Å². The Bertz CT molecular complexity index is 852. The number of halogens is 2. The van der Waals surface area contributed by atoms with Gasteiger partial charge in [0, 0.05) is 26.2 Å². The van der Waals surface area contributed by atoms with Crippen molar-refractivity contribution in [2.75, 3.05) is 31.1 Å². The molecule has 128 valence electrons. The molecule has 0 spiro atoms. The fraction of sp³-hybridized carbons (Fsp3) is 0.263. The molecule has 1 saturated heterocycles. The van der Waals surface area contributed by atoms with E-state index in [2.05, 4.69) is 0 Å². The zero-order chi connectivity index (χ0) is 18.0. The highest BCUT2D eigenvalue weighted by molar-refractivity contribution is 5.94. The first-order valence-electron chi connectivity index (χ1n) is 8.00. The molecule has 2 aromatic carbocycles. The van der Waals surface area contributed by atoms with E-state index in [1.165, 1.54) is 18.2 Å². The van der Waals surface area contributed by atoms with E-state index in [1.54, 1.807) is 30.0 Å². The highest BCUT2D eigenvalue weighted by Gasteiger charge is 2.25. The Kier molecular flexibility index (Phi) is 4.66. The maximum Gasteiger partial charge on any atom is 0.256 e. The number of rotatable bonds is 2. The van der Waals surface area contributed by atoms with Gasteiger partial charge in [0.25, 0.3) is 5.91 Å². The first-order valence-corrected chi connectivity index (χ1v) is 8.00. The van der Waals surface area contributed by atoms with Crippen LogP contribution in [0.15, 0.2) is 36.4 Å². The molecular formula is C19H17F2N3O. The number of nitrogens with zero attached hydrogens (tertiary/aromatic N) is 3. The van der Waals surface area contributed by atoms with Gasteiger partial charge in [0.1, 0.15) is 11.6 Å². The second-order valence-electron chi connectivity index (χ2n) is 5.99. The molecule has 0 unspecified atom stereocenters. The lowest BCUT2D eigenvalue weighted by molar-refractivity contribution is 0.0742. The molecule has 4 nitrogen and oxygen atoms in total. The van der Waals surface area contributed by atoms with Crippen LogP contribution in [0.3, 0.4) is 0 Å². The first kappa shape index (κ1) is 16.9. The molecule has 1 fully saturated rings. The maximum absolute atomic E-state index is 14.3. The molecule has 1 heterocycles. The van der Waals surface area contributed by atoms with Gasteiger partial charge in [0.2, 0.25) is 0 Å². The molecule has 0 saturated carbocycles. The van der Waals surface area contributed by atoms with E-state index in [0.717, 1.165) is 0 Å². The Morgan fingerprint density at radius 1 is 1.08 bits per heavy atom. The molecule has 0 bridgehead atoms. The molecular weight excluding hydrogens is 324 g/mol. The van der Waals surface area contributed by atoms with Gasteiger partial charge in [-0.3, -0.25) is 4.79 Å². The summed E-state index contributed by atoms with van der Waals surface area (Å²) in [6, 6.07) is 10.8. The molecule has 1 amide bonds. The van der Waals surface area contributed by atoms with E-state index in [0.29, 0.717) is 43.0 Å². The number of carbonyl (C=O) groups is 1. The normalized spacial score (nSPS) is 14.3. The third-order valence-electron chi connectivity index (χ3n) is 4.43. The van der Waals surface area contributed by atoms with Crippen molar-refractivity contribution in [2.24, 2.45) is 0 Å². The zero-order valence-electron chi connectivity index (χ0n) is 13.8. The summed E-state index contributed by atoms with van der Waals surface area (Å²) in [6.45, 7) is 3.42. The van der Waals surface area contributed by atoms with Crippen LogP contribution < -0.4 is 4.90 Å². The second kappa shape index (κ2) is 6.89. The number of hydrogen-bond donors (Lipinski definition) is 0. The Morgan fingerprint density at radius 3 is 2.40 bits per heavy atom. The van der Waals surface area contributed by atoms with Crippen LogP contribution in [0.25, 0.3) is 0 Å². The molecule has 0 radical (unpaired) electrons. The Hall–Kier alpha value is -2.94. The van der Waals surface area contributed by atoms with Crippen LogP contribution >= 0.6 is 0 Å². The molecule has 6 heteroatoms. The second-order valence-corrected chi connectivity index (χ2v) is 5.99. The summed E-state index contributed by atoms with van der Waals surface area (Å²) in [6.07, 6.45) is 0. The van der Waals surface area contributed by atoms with Crippen molar-refractivity contribution in [3.8, 4) is 6.07 Å². The van der Waals surface area contributed by atoms with Crippen LogP contribution in [-0.2, 0) is 0 Å². The highest BCUT2D eigenvalue weighted by atomic mass is 19.1. The van der Waals surface area contributed by atoms with Crippen molar-refractivity contribution in [1.29, 1.82) is 5.26 Å². The Labute approximate surface area is 144 Å². The SMILES string of the molecule is Cc1cc(N2CCN(C(=O)c3ccccc3F)CC2)c(F)cc1C#N. The summed E-state index contributed by atoms with van der Waals surface area (Å²) < 4.78 is 28.0. The lowest BCUT2D eigenvalue weighted by atomic mass is 10.1. The molecule has 3 rings (SSSR count). The van der Waals surface area contributed by atoms with E-state index < -0.39 is 11.6 Å². The van der Waals surface area contributed by atoms with Crippen LogP contribution in [0.1, 0.15) is 21.5 Å². The number of nitriles is 1. The predicted molar refractivity (Wildman–Crippen MR) is 90.4 cm³/mol. The predicted octanol–water partition coefficient (Wildman–Crippen LogP) is 3.11. The molecule has 0 aromatic heterocycles. The van der Waals surface area contributed by atoms with Crippen LogP contribution in [-0.4, -0.2) is 37.0 Å². The molecule has 0 N–H and O–H groups in total. The largest absolute Gasteiger partial charge is 0.366 e. The van der Waals surface area contributed by atoms with Gasteiger partial charge in [-0.25, -0.2) is 8.78 Å². The van der Waals surface area contributed by atoms with Gasteiger partial charge < -0.3 is 9.80 Å². The lowest BCUT2D eigenvalue weighted by Gasteiger charge is -2.36. The number of carbonyl (C=O) groups excluding carboxylic acids is 1. The van der Waals surface area contributed by atoms with Gasteiger partial charge in [-0.2, -0.15) is 5.26 Å². The van der Waals surface area contributed by atoms with Crippen molar-refractivity contribution in [1.82, 2.24) is 4.90 Å². The van der Waals surface area contributed by atoms with Crippen molar-refractivity contribution in [2.45, 2.75) is 6.92 Å². The van der Waals surface area contributed by atoms with Gasteiger partial charge in [-0.05, 0) is 36.8 Å². The van der Waals surface area contributed by atoms with Crippen molar-refractivity contribution in [3.63, 3.8) is 0 Å². The van der Waals surface area contributed by atoms with E-state index in [1.807, 2.05) is 11.0 Å². The summed E-state index contributed by atoms with van der Waals surface area (Å²) in [5.74, 6) is -1.34. The number of aryl methyl sites for hydroxylation is 1.